The number of carbonyl (C=O) groups is 1. The van der Waals surface area contributed by atoms with Gasteiger partial charge in [0.05, 0.1) is 30.0 Å². The van der Waals surface area contributed by atoms with Gasteiger partial charge in [0.1, 0.15) is 17.4 Å². The van der Waals surface area contributed by atoms with E-state index in [4.69, 9.17) is 4.74 Å². The van der Waals surface area contributed by atoms with E-state index < -0.39 is 11.4 Å². The number of rotatable bonds is 9. The first-order valence-electron chi connectivity index (χ1n) is 14.7. The van der Waals surface area contributed by atoms with Crippen LogP contribution in [0, 0.1) is 17.1 Å². The third-order valence-electron chi connectivity index (χ3n) is 8.06. The van der Waals surface area contributed by atoms with E-state index in [0.29, 0.717) is 56.8 Å². The Morgan fingerprint density at radius 3 is 2.51 bits per heavy atom. The molecule has 1 aromatic carbocycles. The molecule has 5 rings (SSSR count). The molecule has 8 nitrogen and oxygen atoms in total. The molecule has 3 heterocycles. The van der Waals surface area contributed by atoms with E-state index in [9.17, 15) is 19.2 Å². The minimum absolute atomic E-state index is 0.0538. The molecule has 2 fully saturated rings. The van der Waals surface area contributed by atoms with E-state index in [1.807, 2.05) is 32.1 Å². The van der Waals surface area contributed by atoms with Gasteiger partial charge < -0.3 is 14.6 Å². The molecule has 1 saturated carbocycles. The maximum absolute atomic E-state index is 14.0. The molecule has 222 valence electrons. The van der Waals surface area contributed by atoms with Crippen LogP contribution in [0.1, 0.15) is 60.3 Å². The maximum atomic E-state index is 14.0. The summed E-state index contributed by atoms with van der Waals surface area (Å²) >= 11 is 0. The zero-order chi connectivity index (χ0) is 30.4. The standard InChI is InChI=1S/C34H36FN5O3/c1-3-5-31-26(20-25(4-2)30-11-6-24(22-36)23-37-30)21-29(33(42)40(31)15-14-39-16-18-43-19-17-39)32(41)38-34(12-13-34)27-7-9-28(35)10-8-27/h4-11,20-21,23H,3,12-19H2,1-2H3,(H,38,41)/b25-4+,26-20-,31-5-. The first kappa shape index (κ1) is 30.1. The van der Waals surface area contributed by atoms with Gasteiger partial charge in [0.2, 0.25) is 0 Å². The van der Waals surface area contributed by atoms with Gasteiger partial charge in [0.15, 0.2) is 0 Å². The summed E-state index contributed by atoms with van der Waals surface area (Å²) in [6, 6.07) is 13.4. The monoisotopic (exact) mass is 581 g/mol. The van der Waals surface area contributed by atoms with Crippen LogP contribution in [-0.2, 0) is 16.8 Å². The van der Waals surface area contributed by atoms with Crippen LogP contribution in [0.25, 0.3) is 17.7 Å². The number of nitriles is 1. The van der Waals surface area contributed by atoms with Gasteiger partial charge in [-0.3, -0.25) is 19.5 Å². The second-order valence-electron chi connectivity index (χ2n) is 10.9. The molecular formula is C34H36FN5O3. The lowest BCUT2D eigenvalue weighted by Gasteiger charge is -2.27. The minimum atomic E-state index is -0.616. The van der Waals surface area contributed by atoms with Crippen molar-refractivity contribution in [3.05, 3.63) is 104 Å². The number of benzene rings is 1. The molecular weight excluding hydrogens is 545 g/mol. The number of aromatic nitrogens is 2. The molecule has 9 heteroatoms. The largest absolute Gasteiger partial charge is 0.379 e. The highest BCUT2D eigenvalue weighted by Crippen LogP contribution is 2.45. The van der Waals surface area contributed by atoms with Crippen LogP contribution in [0.4, 0.5) is 4.39 Å². The summed E-state index contributed by atoms with van der Waals surface area (Å²) in [5.74, 6) is -0.795. The van der Waals surface area contributed by atoms with Crippen LogP contribution < -0.4 is 21.4 Å². The third-order valence-corrected chi connectivity index (χ3v) is 8.06. The summed E-state index contributed by atoms with van der Waals surface area (Å²) in [5.41, 5.74) is 1.84. The molecule has 1 saturated heterocycles. The van der Waals surface area contributed by atoms with Crippen molar-refractivity contribution in [2.24, 2.45) is 0 Å². The zero-order valence-electron chi connectivity index (χ0n) is 24.6. The molecule has 1 aliphatic carbocycles. The first-order chi connectivity index (χ1) is 20.9. The summed E-state index contributed by atoms with van der Waals surface area (Å²) < 4.78 is 20.8. The van der Waals surface area contributed by atoms with Gasteiger partial charge in [0, 0.05) is 37.7 Å². The number of halogens is 1. The molecule has 0 bridgehead atoms. The van der Waals surface area contributed by atoms with Crippen molar-refractivity contribution in [3.63, 3.8) is 0 Å². The predicted octanol–water partition coefficient (Wildman–Crippen LogP) is 3.08. The van der Waals surface area contributed by atoms with Crippen LogP contribution in [0.15, 0.2) is 59.5 Å². The second-order valence-corrected chi connectivity index (χ2v) is 10.9. The fourth-order valence-electron chi connectivity index (χ4n) is 5.46. The molecule has 0 unspecified atom stereocenters. The number of pyridine rings is 2. The summed E-state index contributed by atoms with van der Waals surface area (Å²) in [6.45, 7) is 7.84. The number of carbonyl (C=O) groups excluding carboxylic acids is 1. The van der Waals surface area contributed by atoms with E-state index in [1.54, 1.807) is 34.9 Å². The molecule has 2 aromatic heterocycles. The molecule has 1 amide bonds. The summed E-state index contributed by atoms with van der Waals surface area (Å²) in [4.78, 5) is 34.6. The predicted molar refractivity (Wildman–Crippen MR) is 164 cm³/mol. The molecule has 0 spiro atoms. The fraction of sp³-hybridized carbons (Fsp3) is 0.353. The van der Waals surface area contributed by atoms with Crippen molar-refractivity contribution >= 4 is 23.6 Å². The lowest BCUT2D eigenvalue weighted by Crippen LogP contribution is -2.50. The lowest BCUT2D eigenvalue weighted by molar-refractivity contribution is 0.0361. The highest BCUT2D eigenvalue weighted by atomic mass is 19.1. The number of hydrogen-bond acceptors (Lipinski definition) is 6. The van der Waals surface area contributed by atoms with Gasteiger partial charge in [-0.05, 0) is 78.9 Å². The lowest BCUT2D eigenvalue weighted by atomic mass is 10.0. The quantitative estimate of drug-likeness (QED) is 0.417. The number of nitrogens with one attached hydrogen (secondary N) is 1. The van der Waals surface area contributed by atoms with Crippen LogP contribution in [0.3, 0.4) is 0 Å². The smallest absolute Gasteiger partial charge is 0.263 e. The Hall–Kier alpha value is -4.39. The number of ether oxygens (including phenoxy) is 1. The normalized spacial score (nSPS) is 17.5. The molecule has 43 heavy (non-hydrogen) atoms. The Labute approximate surface area is 250 Å². The highest BCUT2D eigenvalue weighted by molar-refractivity contribution is 5.95. The molecule has 0 atom stereocenters. The van der Waals surface area contributed by atoms with Gasteiger partial charge in [0.25, 0.3) is 11.5 Å². The van der Waals surface area contributed by atoms with E-state index in [-0.39, 0.29) is 16.9 Å². The number of morpholine rings is 1. The van der Waals surface area contributed by atoms with E-state index in [1.165, 1.54) is 18.3 Å². The van der Waals surface area contributed by atoms with Crippen molar-refractivity contribution in [2.45, 2.75) is 45.2 Å². The Balaban J connectivity index is 1.60. The molecule has 2 aliphatic rings. The van der Waals surface area contributed by atoms with Gasteiger partial charge in [-0.1, -0.05) is 31.2 Å². The topological polar surface area (TPSA) is 100 Å². The van der Waals surface area contributed by atoms with Crippen LogP contribution in [0.2, 0.25) is 0 Å². The van der Waals surface area contributed by atoms with Crippen LogP contribution in [0.5, 0.6) is 0 Å². The van der Waals surface area contributed by atoms with E-state index in [0.717, 1.165) is 34.8 Å². The van der Waals surface area contributed by atoms with Gasteiger partial charge in [-0.2, -0.15) is 5.26 Å². The first-order valence-corrected chi connectivity index (χ1v) is 14.7. The zero-order valence-corrected chi connectivity index (χ0v) is 24.6. The maximum Gasteiger partial charge on any atom is 0.263 e. The van der Waals surface area contributed by atoms with Crippen molar-refractivity contribution < 1.29 is 13.9 Å². The molecule has 1 N–H and O–H groups in total. The van der Waals surface area contributed by atoms with Crippen molar-refractivity contribution in [3.8, 4) is 6.07 Å². The van der Waals surface area contributed by atoms with Gasteiger partial charge in [-0.25, -0.2) is 4.39 Å². The minimum Gasteiger partial charge on any atom is -0.379 e. The van der Waals surface area contributed by atoms with Gasteiger partial charge >= 0.3 is 0 Å². The van der Waals surface area contributed by atoms with E-state index in [2.05, 4.69) is 21.3 Å². The second kappa shape index (κ2) is 13.3. The Morgan fingerprint density at radius 1 is 1.16 bits per heavy atom. The Morgan fingerprint density at radius 2 is 1.91 bits per heavy atom. The highest BCUT2D eigenvalue weighted by Gasteiger charge is 2.46. The van der Waals surface area contributed by atoms with Crippen molar-refractivity contribution in [1.82, 2.24) is 19.8 Å². The SMILES string of the molecule is C\C=C(/C=c1/cc(C(=O)NC2(c3ccc(F)cc3)CC2)c(=O)n(CCN2CCOCC2)/c1=C\CC)c1ccc(C#N)cn1. The van der Waals surface area contributed by atoms with Crippen molar-refractivity contribution in [1.29, 1.82) is 5.26 Å². The number of nitrogens with zero attached hydrogens (tertiary/aromatic N) is 4. The van der Waals surface area contributed by atoms with Gasteiger partial charge in [-0.15, -0.1) is 0 Å². The third kappa shape index (κ3) is 6.82. The fourth-order valence-corrected chi connectivity index (χ4v) is 5.46. The number of hydrogen-bond donors (Lipinski definition) is 1. The Bertz CT molecular complexity index is 1730. The summed E-state index contributed by atoms with van der Waals surface area (Å²) in [5, 5.41) is 13.8. The average molecular weight is 582 g/mol. The number of amides is 1. The molecule has 1 aliphatic heterocycles. The molecule has 3 aromatic rings. The number of allylic oxidation sites excluding steroid dienone is 2. The summed E-state index contributed by atoms with van der Waals surface area (Å²) in [7, 11) is 0. The van der Waals surface area contributed by atoms with E-state index >= 15 is 0 Å². The average Bonchev–Trinajstić information content (AvgIpc) is 3.81. The molecule has 0 radical (unpaired) electrons. The summed E-state index contributed by atoms with van der Waals surface area (Å²) in [6.07, 6.45) is 9.50. The van der Waals surface area contributed by atoms with Crippen molar-refractivity contribution in [2.75, 3.05) is 32.8 Å². The van der Waals surface area contributed by atoms with Crippen LogP contribution in [-0.4, -0.2) is 53.2 Å². The Kier molecular flexibility index (Phi) is 9.29. The van der Waals surface area contributed by atoms with Crippen LogP contribution >= 0.6 is 0 Å².